The molecular formula is C29H33ClN2O4. The fraction of sp³-hybridized carbons (Fsp3) is 0.345. The van der Waals surface area contributed by atoms with Crippen molar-refractivity contribution < 1.29 is 19.0 Å². The topological polar surface area (TPSA) is 51.2 Å². The van der Waals surface area contributed by atoms with Crippen LogP contribution in [-0.4, -0.2) is 62.7 Å². The normalized spacial score (nSPS) is 14.9. The monoisotopic (exact) mass is 508 g/mol. The molecule has 1 amide bonds. The minimum absolute atomic E-state index is 0.0286. The molecule has 0 aromatic heterocycles. The van der Waals surface area contributed by atoms with Gasteiger partial charge in [-0.2, -0.15) is 0 Å². The Hall–Kier alpha value is -3.06. The number of hydrogen-bond donors (Lipinski definition) is 0. The maximum atomic E-state index is 13.2. The number of methoxy groups -OCH3 is 2. The van der Waals surface area contributed by atoms with Gasteiger partial charge in [0.1, 0.15) is 11.5 Å². The molecular weight excluding hydrogens is 476 g/mol. The van der Waals surface area contributed by atoms with E-state index in [2.05, 4.69) is 36.1 Å². The first-order valence-electron chi connectivity index (χ1n) is 12.1. The molecule has 0 unspecified atom stereocenters. The van der Waals surface area contributed by atoms with Crippen LogP contribution >= 0.6 is 11.6 Å². The Kier molecular flexibility index (Phi) is 8.86. The number of carbonyl (C=O) groups excluding carboxylic acids is 1. The van der Waals surface area contributed by atoms with Crippen LogP contribution in [0.4, 0.5) is 0 Å². The first kappa shape index (κ1) is 26.0. The van der Waals surface area contributed by atoms with E-state index >= 15 is 0 Å². The first-order chi connectivity index (χ1) is 17.5. The van der Waals surface area contributed by atoms with Gasteiger partial charge < -0.3 is 19.1 Å². The summed E-state index contributed by atoms with van der Waals surface area (Å²) in [6.07, 6.45) is -0.105. The van der Waals surface area contributed by atoms with Crippen molar-refractivity contribution in [2.75, 3.05) is 46.9 Å². The minimum Gasteiger partial charge on any atom is -0.497 e. The van der Waals surface area contributed by atoms with E-state index in [1.165, 1.54) is 5.56 Å². The van der Waals surface area contributed by atoms with Crippen LogP contribution in [0.5, 0.6) is 11.5 Å². The van der Waals surface area contributed by atoms with Gasteiger partial charge in [0.15, 0.2) is 0 Å². The number of nitrogens with zero attached hydrogens (tertiary/aromatic N) is 2. The highest BCUT2D eigenvalue weighted by molar-refractivity contribution is 6.30. The third-order valence-electron chi connectivity index (χ3n) is 6.50. The summed E-state index contributed by atoms with van der Waals surface area (Å²) in [5.41, 5.74) is 4.01. The van der Waals surface area contributed by atoms with E-state index < -0.39 is 0 Å². The molecule has 0 radical (unpaired) electrons. The van der Waals surface area contributed by atoms with Crippen molar-refractivity contribution in [2.45, 2.75) is 19.6 Å². The molecule has 0 N–H and O–H groups in total. The van der Waals surface area contributed by atoms with Gasteiger partial charge in [0.25, 0.3) is 5.91 Å². The Labute approximate surface area is 218 Å². The second-order valence-corrected chi connectivity index (χ2v) is 9.44. The maximum Gasteiger partial charge on any atom is 0.257 e. The summed E-state index contributed by atoms with van der Waals surface area (Å²) in [7, 11) is 3.16. The van der Waals surface area contributed by atoms with E-state index in [0.29, 0.717) is 41.8 Å². The lowest BCUT2D eigenvalue weighted by Crippen LogP contribution is -2.49. The summed E-state index contributed by atoms with van der Waals surface area (Å²) in [6.45, 7) is 6.16. The van der Waals surface area contributed by atoms with Crippen LogP contribution in [0, 0.1) is 6.92 Å². The number of amides is 1. The number of aryl methyl sites for hydroxylation is 1. The summed E-state index contributed by atoms with van der Waals surface area (Å²) < 4.78 is 17.1. The summed E-state index contributed by atoms with van der Waals surface area (Å²) in [5.74, 6) is 1.15. The molecule has 1 atom stereocenters. The number of piperazine rings is 1. The first-order valence-corrected chi connectivity index (χ1v) is 12.5. The van der Waals surface area contributed by atoms with Gasteiger partial charge >= 0.3 is 0 Å². The SMILES string of the molecule is COc1ccc(C(=O)N2CCN(C[C@@H](OCc3cccc(C)c3)c3ccc(Cl)cc3)CC2)c(OC)c1. The lowest BCUT2D eigenvalue weighted by molar-refractivity contribution is 0.00338. The highest BCUT2D eigenvalue weighted by Gasteiger charge is 2.26. The van der Waals surface area contributed by atoms with E-state index in [1.54, 1.807) is 32.4 Å². The number of hydrogen-bond acceptors (Lipinski definition) is 5. The van der Waals surface area contributed by atoms with Crippen molar-refractivity contribution in [3.05, 3.63) is 94.0 Å². The fourth-order valence-corrected chi connectivity index (χ4v) is 4.57. The highest BCUT2D eigenvalue weighted by Crippen LogP contribution is 2.27. The second kappa shape index (κ2) is 12.3. The molecule has 1 fully saturated rings. The Balaban J connectivity index is 1.40. The van der Waals surface area contributed by atoms with Crippen molar-refractivity contribution in [3.63, 3.8) is 0 Å². The number of halogens is 1. The Bertz CT molecular complexity index is 1160. The van der Waals surface area contributed by atoms with Crippen molar-refractivity contribution in [1.29, 1.82) is 0 Å². The van der Waals surface area contributed by atoms with Gasteiger partial charge in [-0.3, -0.25) is 9.69 Å². The zero-order valence-electron chi connectivity index (χ0n) is 21.1. The van der Waals surface area contributed by atoms with E-state index in [4.69, 9.17) is 25.8 Å². The number of benzene rings is 3. The van der Waals surface area contributed by atoms with Crippen LogP contribution in [0.1, 0.15) is 33.2 Å². The molecule has 0 bridgehead atoms. The molecule has 4 rings (SSSR count). The van der Waals surface area contributed by atoms with Crippen LogP contribution in [0.15, 0.2) is 66.7 Å². The van der Waals surface area contributed by atoms with Crippen molar-refractivity contribution >= 4 is 17.5 Å². The zero-order valence-corrected chi connectivity index (χ0v) is 21.8. The van der Waals surface area contributed by atoms with Gasteiger partial charge in [-0.15, -0.1) is 0 Å². The standard InChI is InChI=1S/C29H33ClN2O4/c1-21-5-4-6-22(17-21)20-36-28(23-7-9-24(30)10-8-23)19-31-13-15-32(16-14-31)29(33)26-12-11-25(34-2)18-27(26)35-3/h4-12,17-18,28H,13-16,19-20H2,1-3H3/t28-/m1/s1. The molecule has 1 aliphatic heterocycles. The molecule has 0 spiro atoms. The van der Waals surface area contributed by atoms with E-state index in [-0.39, 0.29) is 12.0 Å². The van der Waals surface area contributed by atoms with Gasteiger partial charge in [-0.1, -0.05) is 53.6 Å². The molecule has 3 aromatic rings. The zero-order chi connectivity index (χ0) is 25.5. The molecule has 1 saturated heterocycles. The predicted octanol–water partition coefficient (Wildman–Crippen LogP) is 5.38. The Morgan fingerprint density at radius 3 is 2.36 bits per heavy atom. The summed E-state index contributed by atoms with van der Waals surface area (Å²) >= 11 is 6.13. The summed E-state index contributed by atoms with van der Waals surface area (Å²) in [4.78, 5) is 17.4. The van der Waals surface area contributed by atoms with Crippen molar-refractivity contribution in [3.8, 4) is 11.5 Å². The summed E-state index contributed by atoms with van der Waals surface area (Å²) in [5, 5.41) is 0.706. The molecule has 3 aromatic carbocycles. The molecule has 190 valence electrons. The van der Waals surface area contributed by atoms with Crippen LogP contribution in [0.2, 0.25) is 5.02 Å². The third kappa shape index (κ3) is 6.58. The van der Waals surface area contributed by atoms with Gasteiger partial charge in [0.05, 0.1) is 32.5 Å². The van der Waals surface area contributed by atoms with Gasteiger partial charge in [-0.25, -0.2) is 0 Å². The number of carbonyl (C=O) groups is 1. The van der Waals surface area contributed by atoms with Crippen LogP contribution in [0.3, 0.4) is 0 Å². The van der Waals surface area contributed by atoms with Gasteiger partial charge in [0, 0.05) is 43.8 Å². The smallest absolute Gasteiger partial charge is 0.257 e. The van der Waals surface area contributed by atoms with Crippen LogP contribution < -0.4 is 9.47 Å². The summed E-state index contributed by atoms with van der Waals surface area (Å²) in [6, 6.07) is 21.5. The Morgan fingerprint density at radius 1 is 0.944 bits per heavy atom. The maximum absolute atomic E-state index is 13.2. The van der Waals surface area contributed by atoms with E-state index in [0.717, 1.165) is 30.8 Å². The van der Waals surface area contributed by atoms with Crippen LogP contribution in [-0.2, 0) is 11.3 Å². The third-order valence-corrected chi connectivity index (χ3v) is 6.75. The molecule has 0 saturated carbocycles. The number of rotatable bonds is 9. The average Bonchev–Trinajstić information content (AvgIpc) is 2.91. The van der Waals surface area contributed by atoms with Gasteiger partial charge in [0.2, 0.25) is 0 Å². The van der Waals surface area contributed by atoms with Crippen LogP contribution in [0.25, 0.3) is 0 Å². The molecule has 7 heteroatoms. The minimum atomic E-state index is -0.105. The average molecular weight is 509 g/mol. The van der Waals surface area contributed by atoms with E-state index in [9.17, 15) is 4.79 Å². The molecule has 1 heterocycles. The largest absolute Gasteiger partial charge is 0.497 e. The van der Waals surface area contributed by atoms with Crippen molar-refractivity contribution in [1.82, 2.24) is 9.80 Å². The lowest BCUT2D eigenvalue weighted by Gasteiger charge is -2.36. The number of ether oxygens (including phenoxy) is 3. The van der Waals surface area contributed by atoms with Gasteiger partial charge in [-0.05, 0) is 42.3 Å². The second-order valence-electron chi connectivity index (χ2n) is 9.00. The predicted molar refractivity (Wildman–Crippen MR) is 142 cm³/mol. The highest BCUT2D eigenvalue weighted by atomic mass is 35.5. The Morgan fingerprint density at radius 2 is 1.69 bits per heavy atom. The fourth-order valence-electron chi connectivity index (χ4n) is 4.44. The molecule has 36 heavy (non-hydrogen) atoms. The molecule has 1 aliphatic rings. The lowest BCUT2D eigenvalue weighted by atomic mass is 10.1. The quantitative estimate of drug-likeness (QED) is 0.388. The van der Waals surface area contributed by atoms with Crippen molar-refractivity contribution in [2.24, 2.45) is 0 Å². The molecule has 0 aliphatic carbocycles. The molecule has 6 nitrogen and oxygen atoms in total. The van der Waals surface area contributed by atoms with E-state index in [1.807, 2.05) is 29.2 Å².